The Kier molecular flexibility index (Phi) is 9.85. The maximum atomic E-state index is 13.6. The van der Waals surface area contributed by atoms with Crippen molar-refractivity contribution in [2.24, 2.45) is 5.92 Å². The van der Waals surface area contributed by atoms with Crippen LogP contribution in [0, 0.1) is 25.6 Å². The van der Waals surface area contributed by atoms with E-state index in [0.29, 0.717) is 30.2 Å². The van der Waals surface area contributed by atoms with Crippen molar-refractivity contribution < 1.29 is 23.1 Å². The van der Waals surface area contributed by atoms with Gasteiger partial charge in [0.1, 0.15) is 23.4 Å². The summed E-state index contributed by atoms with van der Waals surface area (Å²) < 4.78 is 24.8. The van der Waals surface area contributed by atoms with E-state index in [1.807, 2.05) is 32.9 Å². The van der Waals surface area contributed by atoms with Gasteiger partial charge in [0.15, 0.2) is 5.76 Å². The molecular formula is C32H40FN3O4. The highest BCUT2D eigenvalue weighted by Gasteiger charge is 2.28. The van der Waals surface area contributed by atoms with Gasteiger partial charge < -0.3 is 25.1 Å². The van der Waals surface area contributed by atoms with Crippen molar-refractivity contribution in [2.75, 3.05) is 19.0 Å². The third-order valence-corrected chi connectivity index (χ3v) is 7.52. The fourth-order valence-electron chi connectivity index (χ4n) is 5.51. The molecule has 0 bridgehead atoms. The van der Waals surface area contributed by atoms with Gasteiger partial charge in [0.25, 0.3) is 5.91 Å². The van der Waals surface area contributed by atoms with Crippen LogP contribution in [0.15, 0.2) is 52.9 Å². The molecule has 7 nitrogen and oxygen atoms in total. The van der Waals surface area contributed by atoms with E-state index in [9.17, 15) is 14.0 Å². The Hall–Kier alpha value is -3.81. The van der Waals surface area contributed by atoms with Crippen LogP contribution in [0.25, 0.3) is 11.3 Å². The van der Waals surface area contributed by atoms with Crippen LogP contribution in [0.5, 0.6) is 5.75 Å². The van der Waals surface area contributed by atoms with Crippen LogP contribution < -0.4 is 20.7 Å². The normalized spacial score (nSPS) is 15.2. The van der Waals surface area contributed by atoms with Gasteiger partial charge in [-0.3, -0.25) is 9.59 Å². The van der Waals surface area contributed by atoms with Crippen LogP contribution in [-0.2, 0) is 4.79 Å². The van der Waals surface area contributed by atoms with Gasteiger partial charge in [-0.25, -0.2) is 4.39 Å². The van der Waals surface area contributed by atoms with E-state index in [1.165, 1.54) is 18.6 Å². The van der Waals surface area contributed by atoms with Gasteiger partial charge in [0.05, 0.1) is 7.11 Å². The van der Waals surface area contributed by atoms with Gasteiger partial charge in [0, 0.05) is 23.8 Å². The highest BCUT2D eigenvalue weighted by Crippen LogP contribution is 2.29. The molecule has 2 aromatic carbocycles. The zero-order valence-electron chi connectivity index (χ0n) is 23.8. The van der Waals surface area contributed by atoms with E-state index in [4.69, 9.17) is 9.15 Å². The first kappa shape index (κ1) is 29.2. The van der Waals surface area contributed by atoms with Gasteiger partial charge >= 0.3 is 0 Å². The number of hydrogen-bond donors (Lipinski definition) is 3. The molecular weight excluding hydrogens is 509 g/mol. The quantitative estimate of drug-likeness (QED) is 0.258. The van der Waals surface area contributed by atoms with Crippen molar-refractivity contribution in [3.05, 3.63) is 71.2 Å². The summed E-state index contributed by atoms with van der Waals surface area (Å²) in [5.41, 5.74) is 3.57. The van der Waals surface area contributed by atoms with Crippen molar-refractivity contribution in [1.29, 1.82) is 0 Å². The molecule has 4 rings (SSSR count). The first-order chi connectivity index (χ1) is 19.2. The number of benzene rings is 2. The largest absolute Gasteiger partial charge is 0.496 e. The number of hydrogen-bond acceptors (Lipinski definition) is 5. The highest BCUT2D eigenvalue weighted by molar-refractivity contribution is 5.96. The molecule has 3 N–H and O–H groups in total. The van der Waals surface area contributed by atoms with E-state index >= 15 is 0 Å². The smallest absolute Gasteiger partial charge is 0.287 e. The minimum absolute atomic E-state index is 0.0839. The number of nitrogens with one attached hydrogen (secondary N) is 3. The molecule has 3 aromatic rings. The second-order valence-corrected chi connectivity index (χ2v) is 10.9. The maximum absolute atomic E-state index is 13.6. The number of rotatable bonds is 11. The molecule has 0 radical (unpaired) electrons. The number of carbonyl (C=O) groups excluding carboxylic acids is 2. The second-order valence-electron chi connectivity index (χ2n) is 10.9. The van der Waals surface area contributed by atoms with E-state index < -0.39 is 11.9 Å². The lowest BCUT2D eigenvalue weighted by Gasteiger charge is -2.27. The van der Waals surface area contributed by atoms with E-state index in [-0.39, 0.29) is 23.5 Å². The predicted molar refractivity (Wildman–Crippen MR) is 155 cm³/mol. The SMILES string of the molecule is COc1c(C)cc(NC[C@H](C)NC(=O)C(CC2CCCCC2)NC(=O)c2ccc(-c3cccc(F)c3)o2)cc1C. The van der Waals surface area contributed by atoms with Crippen LogP contribution >= 0.6 is 0 Å². The number of carbonyl (C=O) groups is 2. The Morgan fingerprint density at radius 1 is 1.02 bits per heavy atom. The minimum atomic E-state index is -0.689. The molecule has 214 valence electrons. The molecule has 1 aromatic heterocycles. The predicted octanol–water partition coefficient (Wildman–Crippen LogP) is 6.40. The van der Waals surface area contributed by atoms with Crippen molar-refractivity contribution in [2.45, 2.75) is 71.4 Å². The van der Waals surface area contributed by atoms with Crippen molar-refractivity contribution in [1.82, 2.24) is 10.6 Å². The van der Waals surface area contributed by atoms with Gasteiger partial charge in [-0.2, -0.15) is 0 Å². The number of methoxy groups -OCH3 is 1. The Bertz CT molecular complexity index is 1290. The number of ether oxygens (including phenoxy) is 1. The monoisotopic (exact) mass is 549 g/mol. The number of furan rings is 1. The van der Waals surface area contributed by atoms with E-state index in [1.54, 1.807) is 31.4 Å². The lowest BCUT2D eigenvalue weighted by Crippen LogP contribution is -2.51. The van der Waals surface area contributed by atoms with E-state index in [0.717, 1.165) is 48.2 Å². The van der Waals surface area contributed by atoms with Crippen molar-refractivity contribution in [3.8, 4) is 17.1 Å². The highest BCUT2D eigenvalue weighted by atomic mass is 19.1. The third kappa shape index (κ3) is 7.64. The van der Waals surface area contributed by atoms with E-state index in [2.05, 4.69) is 16.0 Å². The summed E-state index contributed by atoms with van der Waals surface area (Å²) in [6.45, 7) is 6.46. The Morgan fingerprint density at radius 3 is 2.42 bits per heavy atom. The number of aryl methyl sites for hydroxylation is 2. The molecule has 1 unspecified atom stereocenters. The van der Waals surface area contributed by atoms with Gasteiger partial charge in [-0.1, -0.05) is 44.2 Å². The molecule has 2 amide bonds. The summed E-state index contributed by atoms with van der Waals surface area (Å²) >= 11 is 0. The minimum Gasteiger partial charge on any atom is -0.496 e. The topological polar surface area (TPSA) is 92.6 Å². The van der Waals surface area contributed by atoms with Crippen LogP contribution in [0.3, 0.4) is 0 Å². The lowest BCUT2D eigenvalue weighted by molar-refractivity contribution is -0.124. The summed E-state index contributed by atoms with van der Waals surface area (Å²) in [6.07, 6.45) is 6.18. The molecule has 1 heterocycles. The number of halogens is 1. The molecule has 0 aliphatic heterocycles. The maximum Gasteiger partial charge on any atom is 0.287 e. The van der Waals surface area contributed by atoms with Crippen LogP contribution in [0.4, 0.5) is 10.1 Å². The molecule has 40 heavy (non-hydrogen) atoms. The van der Waals surface area contributed by atoms with Crippen LogP contribution in [0.2, 0.25) is 0 Å². The fourth-order valence-corrected chi connectivity index (χ4v) is 5.51. The van der Waals surface area contributed by atoms with Gasteiger partial charge in [-0.15, -0.1) is 0 Å². The summed E-state index contributed by atoms with van der Waals surface area (Å²) in [5, 5.41) is 9.38. The molecule has 2 atom stereocenters. The van der Waals surface area contributed by atoms with Gasteiger partial charge in [-0.05, 0) is 80.6 Å². The molecule has 1 saturated carbocycles. The average Bonchev–Trinajstić information content (AvgIpc) is 3.43. The van der Waals surface area contributed by atoms with Crippen molar-refractivity contribution in [3.63, 3.8) is 0 Å². The summed E-state index contributed by atoms with van der Waals surface area (Å²) in [4.78, 5) is 26.6. The van der Waals surface area contributed by atoms with Gasteiger partial charge in [0.2, 0.25) is 5.91 Å². The Labute approximate surface area is 235 Å². The lowest BCUT2D eigenvalue weighted by atomic mass is 9.84. The molecule has 8 heteroatoms. The molecule has 1 aliphatic rings. The Morgan fingerprint density at radius 2 is 1.75 bits per heavy atom. The molecule has 1 fully saturated rings. The summed E-state index contributed by atoms with van der Waals surface area (Å²) in [7, 11) is 1.66. The zero-order chi connectivity index (χ0) is 28.6. The first-order valence-electron chi connectivity index (χ1n) is 14.1. The third-order valence-electron chi connectivity index (χ3n) is 7.52. The van der Waals surface area contributed by atoms with Crippen molar-refractivity contribution >= 4 is 17.5 Å². The van der Waals surface area contributed by atoms with Crippen LogP contribution in [-0.4, -0.2) is 37.6 Å². The summed E-state index contributed by atoms with van der Waals surface area (Å²) in [5.74, 6) is 0.656. The summed E-state index contributed by atoms with van der Waals surface area (Å²) in [6, 6.07) is 12.4. The molecule has 0 saturated heterocycles. The standard InChI is InChI=1S/C32H40FN3O4/c1-20-15-26(16-21(2)30(20)39-4)34-19-22(3)35-31(37)27(17-23-9-6-5-7-10-23)36-32(38)29-14-13-28(40-29)24-11-8-12-25(33)18-24/h8,11-16,18,22-23,27,34H,5-7,9-10,17,19H2,1-4H3,(H,35,37)(H,36,38)/t22-,27?/m0/s1. The molecule has 1 aliphatic carbocycles. The van der Waals surface area contributed by atoms with Crippen LogP contribution in [0.1, 0.15) is 67.1 Å². The Balaban J connectivity index is 1.40. The fraction of sp³-hybridized carbons (Fsp3) is 0.438. The number of anilines is 1. The molecule has 0 spiro atoms. The first-order valence-corrected chi connectivity index (χ1v) is 14.1. The average molecular weight is 550 g/mol. The second kappa shape index (κ2) is 13.5. The zero-order valence-corrected chi connectivity index (χ0v) is 23.8. The number of amides is 2.